The number of carboxylic acid groups (broad SMARTS) is 1. The van der Waals surface area contributed by atoms with Crippen LogP contribution >= 0.6 is 11.8 Å². The number of carbonyl (C=O) groups is 2. The molecule has 5 heteroatoms. The predicted octanol–water partition coefficient (Wildman–Crippen LogP) is 2.07. The second kappa shape index (κ2) is 4.31. The van der Waals surface area contributed by atoms with Gasteiger partial charge in [-0.25, -0.2) is 0 Å². The van der Waals surface area contributed by atoms with Crippen molar-refractivity contribution in [2.24, 2.45) is 11.8 Å². The molecule has 94 valence electrons. The quantitative estimate of drug-likeness (QED) is 0.847. The van der Waals surface area contributed by atoms with Crippen molar-refractivity contribution in [2.45, 2.75) is 11.3 Å². The summed E-state index contributed by atoms with van der Waals surface area (Å²) < 4.78 is 5.47. The third-order valence-corrected chi connectivity index (χ3v) is 4.27. The largest absolute Gasteiger partial charge is 0.492 e. The predicted molar refractivity (Wildman–Crippen MR) is 66.2 cm³/mol. The summed E-state index contributed by atoms with van der Waals surface area (Å²) in [6.07, 6.45) is 0.467. The first-order valence-corrected chi connectivity index (χ1v) is 6.82. The first-order chi connectivity index (χ1) is 8.66. The monoisotopic (exact) mass is 264 g/mol. The molecule has 0 amide bonds. The average molecular weight is 264 g/mol. The van der Waals surface area contributed by atoms with Gasteiger partial charge in [-0.05, 0) is 24.6 Å². The maximum Gasteiger partial charge on any atom is 0.307 e. The number of benzene rings is 1. The molecule has 0 bridgehead atoms. The van der Waals surface area contributed by atoms with E-state index in [0.717, 1.165) is 16.4 Å². The Labute approximate surface area is 108 Å². The van der Waals surface area contributed by atoms with Gasteiger partial charge in [0.15, 0.2) is 5.78 Å². The summed E-state index contributed by atoms with van der Waals surface area (Å²) in [7, 11) is 0. The van der Waals surface area contributed by atoms with Crippen molar-refractivity contribution in [2.75, 3.05) is 12.4 Å². The fourth-order valence-electron chi connectivity index (χ4n) is 2.17. The molecule has 0 radical (unpaired) electrons. The molecule has 1 aliphatic carbocycles. The van der Waals surface area contributed by atoms with Crippen molar-refractivity contribution >= 4 is 23.5 Å². The standard InChI is InChI=1S/C13H12O4S/c14-12(8-6-9(8)13(15)16)7-1-2-10-11(5-7)18-4-3-17-10/h1-2,5,8-9H,3-4,6H2,(H,15,16)/t8-,9-/m0/s1. The van der Waals surface area contributed by atoms with Crippen LogP contribution in [0.25, 0.3) is 0 Å². The number of carboxylic acids is 1. The van der Waals surface area contributed by atoms with E-state index in [-0.39, 0.29) is 11.7 Å². The maximum absolute atomic E-state index is 12.1. The topological polar surface area (TPSA) is 63.6 Å². The zero-order valence-corrected chi connectivity index (χ0v) is 10.4. The third kappa shape index (κ3) is 1.99. The van der Waals surface area contributed by atoms with Gasteiger partial charge in [-0.15, -0.1) is 11.8 Å². The summed E-state index contributed by atoms with van der Waals surface area (Å²) in [6.45, 7) is 0.689. The summed E-state index contributed by atoms with van der Waals surface area (Å²) in [5, 5.41) is 8.84. The van der Waals surface area contributed by atoms with Crippen LogP contribution in [0.4, 0.5) is 0 Å². The highest BCUT2D eigenvalue weighted by molar-refractivity contribution is 7.99. The van der Waals surface area contributed by atoms with E-state index in [9.17, 15) is 9.59 Å². The maximum atomic E-state index is 12.1. The Morgan fingerprint density at radius 3 is 2.89 bits per heavy atom. The Hall–Kier alpha value is -1.49. The number of fused-ring (bicyclic) bond motifs is 1. The summed E-state index contributed by atoms with van der Waals surface area (Å²) in [5.41, 5.74) is 0.598. The van der Waals surface area contributed by atoms with Crippen LogP contribution in [0.3, 0.4) is 0 Å². The molecule has 0 unspecified atom stereocenters. The lowest BCUT2D eigenvalue weighted by Crippen LogP contribution is -2.10. The van der Waals surface area contributed by atoms with Crippen LogP contribution in [-0.4, -0.2) is 29.2 Å². The lowest BCUT2D eigenvalue weighted by atomic mass is 10.1. The molecule has 4 nitrogen and oxygen atoms in total. The highest BCUT2D eigenvalue weighted by Crippen LogP contribution is 2.42. The van der Waals surface area contributed by atoms with Crippen molar-refractivity contribution in [1.82, 2.24) is 0 Å². The highest BCUT2D eigenvalue weighted by atomic mass is 32.2. The number of Topliss-reactive ketones (excluding diaryl/α,β-unsaturated/α-hetero) is 1. The van der Waals surface area contributed by atoms with Gasteiger partial charge in [0.05, 0.1) is 17.4 Å². The van der Waals surface area contributed by atoms with Gasteiger partial charge in [0.25, 0.3) is 0 Å². The molecule has 1 heterocycles. The first kappa shape index (κ1) is 11.6. The van der Waals surface area contributed by atoms with Crippen LogP contribution in [0, 0.1) is 11.8 Å². The van der Waals surface area contributed by atoms with E-state index < -0.39 is 11.9 Å². The number of aliphatic carboxylic acids is 1. The molecule has 0 spiro atoms. The highest BCUT2D eigenvalue weighted by Gasteiger charge is 2.48. The molecular weight excluding hydrogens is 252 g/mol. The number of thioether (sulfide) groups is 1. The van der Waals surface area contributed by atoms with Crippen molar-refractivity contribution in [3.8, 4) is 5.75 Å². The van der Waals surface area contributed by atoms with E-state index in [2.05, 4.69) is 0 Å². The van der Waals surface area contributed by atoms with E-state index in [1.54, 1.807) is 23.9 Å². The van der Waals surface area contributed by atoms with Gasteiger partial charge in [0, 0.05) is 17.2 Å². The molecule has 1 aromatic rings. The second-order valence-corrected chi connectivity index (χ2v) is 5.65. The zero-order chi connectivity index (χ0) is 12.7. The van der Waals surface area contributed by atoms with Gasteiger partial charge in [0.1, 0.15) is 5.75 Å². The van der Waals surface area contributed by atoms with Crippen LogP contribution in [-0.2, 0) is 4.79 Å². The molecule has 1 saturated carbocycles. The second-order valence-electron chi connectivity index (χ2n) is 4.51. The van der Waals surface area contributed by atoms with E-state index in [0.29, 0.717) is 18.6 Å². The van der Waals surface area contributed by atoms with Gasteiger partial charge in [-0.1, -0.05) is 0 Å². The molecular formula is C13H12O4S. The lowest BCUT2D eigenvalue weighted by Gasteiger charge is -2.17. The lowest BCUT2D eigenvalue weighted by molar-refractivity contribution is -0.138. The van der Waals surface area contributed by atoms with Crippen LogP contribution in [0.15, 0.2) is 23.1 Å². The number of carbonyl (C=O) groups excluding carboxylic acids is 1. The van der Waals surface area contributed by atoms with E-state index in [4.69, 9.17) is 9.84 Å². The van der Waals surface area contributed by atoms with Gasteiger partial charge in [-0.3, -0.25) is 9.59 Å². The minimum Gasteiger partial charge on any atom is -0.492 e. The summed E-state index contributed by atoms with van der Waals surface area (Å²) in [5.74, 6) is -0.0625. The minimum absolute atomic E-state index is 0.0589. The smallest absolute Gasteiger partial charge is 0.307 e. The Bertz CT molecular complexity index is 526. The molecule has 18 heavy (non-hydrogen) atoms. The van der Waals surface area contributed by atoms with Crippen molar-refractivity contribution < 1.29 is 19.4 Å². The van der Waals surface area contributed by atoms with Crippen LogP contribution in [0.2, 0.25) is 0 Å². The van der Waals surface area contributed by atoms with Crippen LogP contribution in [0.1, 0.15) is 16.8 Å². The summed E-state index contributed by atoms with van der Waals surface area (Å²) >= 11 is 1.67. The summed E-state index contributed by atoms with van der Waals surface area (Å²) in [4.78, 5) is 23.8. The number of hydrogen-bond acceptors (Lipinski definition) is 4. The molecule has 3 rings (SSSR count). The number of rotatable bonds is 3. The normalized spacial score (nSPS) is 24.9. The van der Waals surface area contributed by atoms with E-state index >= 15 is 0 Å². The van der Waals surface area contributed by atoms with Crippen LogP contribution < -0.4 is 4.74 Å². The molecule has 0 aromatic heterocycles. The molecule has 1 fully saturated rings. The van der Waals surface area contributed by atoms with Crippen LogP contribution in [0.5, 0.6) is 5.75 Å². The Balaban J connectivity index is 1.81. The van der Waals surface area contributed by atoms with Gasteiger partial charge in [0.2, 0.25) is 0 Å². The van der Waals surface area contributed by atoms with Gasteiger partial charge < -0.3 is 9.84 Å². The number of hydrogen-bond donors (Lipinski definition) is 1. The number of ether oxygens (including phenoxy) is 1. The fraction of sp³-hybridized carbons (Fsp3) is 0.385. The third-order valence-electron chi connectivity index (χ3n) is 3.27. The van der Waals surface area contributed by atoms with Crippen molar-refractivity contribution in [1.29, 1.82) is 0 Å². The summed E-state index contributed by atoms with van der Waals surface area (Å²) in [6, 6.07) is 5.34. The van der Waals surface area contributed by atoms with E-state index in [1.807, 2.05) is 6.07 Å². The van der Waals surface area contributed by atoms with E-state index in [1.165, 1.54) is 0 Å². The van der Waals surface area contributed by atoms with Gasteiger partial charge >= 0.3 is 5.97 Å². The Kier molecular flexibility index (Phi) is 2.78. The Morgan fingerprint density at radius 2 is 2.17 bits per heavy atom. The van der Waals surface area contributed by atoms with Crippen molar-refractivity contribution in [3.05, 3.63) is 23.8 Å². The molecule has 1 aromatic carbocycles. The van der Waals surface area contributed by atoms with Crippen molar-refractivity contribution in [3.63, 3.8) is 0 Å². The molecule has 0 saturated heterocycles. The minimum atomic E-state index is -0.871. The zero-order valence-electron chi connectivity index (χ0n) is 9.59. The first-order valence-electron chi connectivity index (χ1n) is 5.83. The number of ketones is 1. The average Bonchev–Trinajstić information content (AvgIpc) is 3.17. The van der Waals surface area contributed by atoms with Gasteiger partial charge in [-0.2, -0.15) is 0 Å². The SMILES string of the molecule is O=C(O)[C@H]1C[C@@H]1C(=O)c1ccc2c(c1)SCCO2. The fourth-order valence-corrected chi connectivity index (χ4v) is 3.03. The molecule has 1 aliphatic heterocycles. The molecule has 1 N–H and O–H groups in total. The molecule has 2 atom stereocenters. The molecule has 2 aliphatic rings. The Morgan fingerprint density at radius 1 is 1.33 bits per heavy atom.